The molecule has 294 valence electrons. The van der Waals surface area contributed by atoms with Crippen molar-refractivity contribution in [3.63, 3.8) is 0 Å². The van der Waals surface area contributed by atoms with E-state index in [1.54, 1.807) is 30.3 Å². The highest BCUT2D eigenvalue weighted by Gasteiger charge is 2.62. The Morgan fingerprint density at radius 2 is 1.60 bits per heavy atom. The number of hydrogen-bond donors (Lipinski definition) is 2. The molecule has 19 heteroatoms. The van der Waals surface area contributed by atoms with E-state index >= 15 is 0 Å². The number of aliphatic hydroxyl groups excluding tert-OH is 1. The molecular weight excluding hydrogens is 710 g/mol. The lowest BCUT2D eigenvalue weighted by Gasteiger charge is -2.52. The number of carbonyl (C=O) groups is 6. The van der Waals surface area contributed by atoms with Crippen molar-refractivity contribution in [3.8, 4) is 0 Å². The molecule has 3 heterocycles. The number of aliphatic hydroxyl groups is 1. The van der Waals surface area contributed by atoms with Crippen LogP contribution in [0.4, 0.5) is 0 Å². The minimum absolute atomic E-state index is 0.0687. The number of carbonyl (C=O) groups excluding carboxylic acids is 6. The predicted octanol–water partition coefficient (Wildman–Crippen LogP) is -0.261. The predicted molar refractivity (Wildman–Crippen MR) is 172 cm³/mol. The summed E-state index contributed by atoms with van der Waals surface area (Å²) in [5.74, 6) is -8.05. The molecule has 3 aliphatic rings. The number of amides is 1. The number of hydrogen-bond acceptors (Lipinski definition) is 18. The molecule has 3 aliphatic heterocycles. The summed E-state index contributed by atoms with van der Waals surface area (Å²) < 4.78 is 63.2. The summed E-state index contributed by atoms with van der Waals surface area (Å²) in [4.78, 5) is 75.9. The SMILES string of the molecule is COC(=O)[C@@]1(O[C@@H]2[C@@H](O)[C@H](OC)O[C@@H]3CO[C@@H](c4ccccc4)O[C@H]23)C[C@H](OC(C)=O)[C@@H](NC(C)=O)[C@H]([C@H](OC(C)=O)[C@@H](COC(C)=O)OC(C)=O)O1. The molecule has 3 fully saturated rings. The van der Waals surface area contributed by atoms with Gasteiger partial charge in [0.2, 0.25) is 5.91 Å². The Labute approximate surface area is 304 Å². The average molecular weight is 756 g/mol. The highest BCUT2D eigenvalue weighted by atomic mass is 16.8. The van der Waals surface area contributed by atoms with Gasteiger partial charge in [-0.25, -0.2) is 4.79 Å². The molecule has 3 saturated heterocycles. The van der Waals surface area contributed by atoms with Gasteiger partial charge in [-0.2, -0.15) is 0 Å². The third-order valence-electron chi connectivity index (χ3n) is 8.43. The van der Waals surface area contributed by atoms with Crippen LogP contribution in [0, 0.1) is 0 Å². The normalized spacial score (nSPS) is 32.1. The molecule has 0 aliphatic carbocycles. The van der Waals surface area contributed by atoms with Gasteiger partial charge < -0.3 is 62.5 Å². The summed E-state index contributed by atoms with van der Waals surface area (Å²) in [7, 11) is 2.28. The summed E-state index contributed by atoms with van der Waals surface area (Å²) in [6.45, 7) is 4.58. The quantitative estimate of drug-likeness (QED) is 0.195. The van der Waals surface area contributed by atoms with Crippen LogP contribution in [-0.2, 0) is 80.9 Å². The number of fused-ring (bicyclic) bond motifs is 1. The summed E-state index contributed by atoms with van der Waals surface area (Å²) in [5, 5.41) is 14.2. The third-order valence-corrected chi connectivity index (χ3v) is 8.43. The molecule has 53 heavy (non-hydrogen) atoms. The maximum absolute atomic E-state index is 14.0. The lowest BCUT2D eigenvalue weighted by Crippen LogP contribution is -2.71. The molecule has 0 bridgehead atoms. The Morgan fingerprint density at radius 1 is 0.925 bits per heavy atom. The van der Waals surface area contributed by atoms with Crippen LogP contribution in [0.5, 0.6) is 0 Å². The van der Waals surface area contributed by atoms with Gasteiger partial charge >= 0.3 is 29.8 Å². The van der Waals surface area contributed by atoms with Crippen molar-refractivity contribution < 1.29 is 86.0 Å². The molecule has 0 radical (unpaired) electrons. The fraction of sp³-hybridized carbons (Fsp3) is 0.647. The van der Waals surface area contributed by atoms with Crippen LogP contribution >= 0.6 is 0 Å². The Balaban J connectivity index is 1.87. The second kappa shape index (κ2) is 18.2. The Kier molecular flexibility index (Phi) is 14.3. The first-order chi connectivity index (χ1) is 25.1. The van der Waals surface area contributed by atoms with Crippen molar-refractivity contribution in [2.24, 2.45) is 0 Å². The Bertz CT molecular complexity index is 1470. The Hall–Kier alpha value is -4.24. The van der Waals surface area contributed by atoms with E-state index in [0.717, 1.165) is 41.7 Å². The van der Waals surface area contributed by atoms with Crippen LogP contribution in [0.25, 0.3) is 0 Å². The van der Waals surface area contributed by atoms with Crippen LogP contribution in [-0.4, -0.2) is 135 Å². The molecule has 4 rings (SSSR count). The van der Waals surface area contributed by atoms with E-state index in [9.17, 15) is 33.9 Å². The van der Waals surface area contributed by atoms with Gasteiger partial charge in [-0.3, -0.25) is 24.0 Å². The molecule has 1 aromatic rings. The summed E-state index contributed by atoms with van der Waals surface area (Å²) >= 11 is 0. The number of nitrogens with one attached hydrogen (secondary N) is 1. The van der Waals surface area contributed by atoms with Gasteiger partial charge in [0, 0.05) is 47.3 Å². The standard InChI is InChI=1S/C34H45NO18/c1-16(36)35-25-22(47-18(3)38)13-34(33(42)44-7,52-29(25)27(49-20(5)40)23(48-19(4)39)14-45-17(2)37)53-30-26(41)32(43-6)50-24-15-46-31(51-28(24)30)21-11-9-8-10-12-21/h8-12,22-32,41H,13-15H2,1-7H3,(H,35,36)/t22-,23+,24+,25+,26+,27+,28-,29+,30+,31+,32+,34-/m0/s1. The minimum atomic E-state index is -2.65. The number of esters is 5. The fourth-order valence-electron chi connectivity index (χ4n) is 6.41. The van der Waals surface area contributed by atoms with Crippen molar-refractivity contribution >= 4 is 35.8 Å². The summed E-state index contributed by atoms with van der Waals surface area (Å²) in [5.41, 5.74) is 0.617. The molecule has 1 aromatic carbocycles. The first-order valence-electron chi connectivity index (χ1n) is 16.6. The summed E-state index contributed by atoms with van der Waals surface area (Å²) in [6.07, 6.45) is -14.9. The van der Waals surface area contributed by atoms with Crippen molar-refractivity contribution in [2.75, 3.05) is 27.4 Å². The molecule has 19 nitrogen and oxygen atoms in total. The van der Waals surface area contributed by atoms with Crippen molar-refractivity contribution in [3.05, 3.63) is 35.9 Å². The Morgan fingerprint density at radius 3 is 2.17 bits per heavy atom. The second-order valence-electron chi connectivity index (χ2n) is 12.5. The van der Waals surface area contributed by atoms with E-state index in [1.165, 1.54) is 7.11 Å². The van der Waals surface area contributed by atoms with Crippen molar-refractivity contribution in [2.45, 2.75) is 114 Å². The zero-order valence-corrected chi connectivity index (χ0v) is 30.2. The summed E-state index contributed by atoms with van der Waals surface area (Å²) in [6, 6.07) is 7.40. The smallest absolute Gasteiger partial charge is 0.366 e. The number of rotatable bonds is 13. The molecule has 0 spiro atoms. The molecule has 2 N–H and O–H groups in total. The average Bonchev–Trinajstić information content (AvgIpc) is 3.10. The van der Waals surface area contributed by atoms with Crippen LogP contribution in [0.1, 0.15) is 52.9 Å². The van der Waals surface area contributed by atoms with Gasteiger partial charge in [0.25, 0.3) is 5.79 Å². The third kappa shape index (κ3) is 10.3. The highest BCUT2D eigenvalue weighted by molar-refractivity contribution is 5.79. The molecule has 0 saturated carbocycles. The van der Waals surface area contributed by atoms with E-state index in [1.807, 2.05) is 0 Å². The van der Waals surface area contributed by atoms with Crippen LogP contribution in [0.2, 0.25) is 0 Å². The van der Waals surface area contributed by atoms with Gasteiger partial charge in [-0.15, -0.1) is 0 Å². The molecule has 12 atom stereocenters. The number of methoxy groups -OCH3 is 2. The van der Waals surface area contributed by atoms with Crippen LogP contribution in [0.3, 0.4) is 0 Å². The van der Waals surface area contributed by atoms with Gasteiger partial charge in [-0.1, -0.05) is 30.3 Å². The maximum atomic E-state index is 14.0. The molecule has 0 aromatic heterocycles. The van der Waals surface area contributed by atoms with E-state index in [-0.39, 0.29) is 6.61 Å². The first-order valence-corrected chi connectivity index (χ1v) is 16.6. The number of ether oxygens (including phenoxy) is 11. The van der Waals surface area contributed by atoms with E-state index in [4.69, 9.17) is 52.1 Å². The monoisotopic (exact) mass is 755 g/mol. The lowest BCUT2D eigenvalue weighted by molar-refractivity contribution is -0.397. The van der Waals surface area contributed by atoms with Gasteiger partial charge in [0.1, 0.15) is 43.2 Å². The second-order valence-corrected chi connectivity index (χ2v) is 12.5. The minimum Gasteiger partial charge on any atom is -0.465 e. The molecule has 0 unspecified atom stereocenters. The van der Waals surface area contributed by atoms with E-state index in [2.05, 4.69) is 5.32 Å². The van der Waals surface area contributed by atoms with Crippen molar-refractivity contribution in [1.82, 2.24) is 5.32 Å². The van der Waals surface area contributed by atoms with Gasteiger partial charge in [0.15, 0.2) is 24.8 Å². The maximum Gasteiger partial charge on any atom is 0.366 e. The molecule has 1 amide bonds. The van der Waals surface area contributed by atoms with Crippen LogP contribution < -0.4 is 5.32 Å². The zero-order chi connectivity index (χ0) is 39.0. The lowest BCUT2D eigenvalue weighted by atomic mass is 9.87. The molecular formula is C34H45NO18. The van der Waals surface area contributed by atoms with Crippen molar-refractivity contribution in [1.29, 1.82) is 0 Å². The van der Waals surface area contributed by atoms with E-state index < -0.39 is 122 Å². The zero-order valence-electron chi connectivity index (χ0n) is 30.2. The van der Waals surface area contributed by atoms with E-state index in [0.29, 0.717) is 5.56 Å². The highest BCUT2D eigenvalue weighted by Crippen LogP contribution is 2.42. The number of benzene rings is 1. The van der Waals surface area contributed by atoms with Crippen LogP contribution in [0.15, 0.2) is 30.3 Å². The fourth-order valence-corrected chi connectivity index (χ4v) is 6.41. The van der Waals surface area contributed by atoms with Gasteiger partial charge in [0.05, 0.1) is 26.2 Å². The topological polar surface area (TPSA) is 236 Å². The first kappa shape index (κ1) is 41.5. The largest absolute Gasteiger partial charge is 0.465 e. The van der Waals surface area contributed by atoms with Gasteiger partial charge in [-0.05, 0) is 0 Å².